The molecule has 3 heteroatoms. The molecule has 0 N–H and O–H groups in total. The highest BCUT2D eigenvalue weighted by Crippen LogP contribution is 2.35. The smallest absolute Gasteiger partial charge is 0.0640 e. The van der Waals surface area contributed by atoms with Gasteiger partial charge < -0.3 is 0 Å². The summed E-state index contributed by atoms with van der Waals surface area (Å²) in [5, 5.41) is 0.582. The fourth-order valence-electron chi connectivity index (χ4n) is 2.09. The van der Waals surface area contributed by atoms with Crippen LogP contribution in [0.3, 0.4) is 0 Å². The van der Waals surface area contributed by atoms with Crippen molar-refractivity contribution in [1.82, 2.24) is 0 Å². The van der Waals surface area contributed by atoms with E-state index in [2.05, 4.69) is 48.0 Å². The van der Waals surface area contributed by atoms with Crippen LogP contribution in [-0.2, 0) is 6.42 Å². The van der Waals surface area contributed by atoms with Gasteiger partial charge in [-0.15, -0.1) is 11.6 Å². The van der Waals surface area contributed by atoms with Gasteiger partial charge in [-0.05, 0) is 59.0 Å². The van der Waals surface area contributed by atoms with Crippen LogP contribution in [0, 0.1) is 13.8 Å². The fourth-order valence-corrected chi connectivity index (χ4v) is 3.13. The maximum absolute atomic E-state index is 6.54. The van der Waals surface area contributed by atoms with Crippen LogP contribution >= 0.6 is 39.1 Å². The van der Waals surface area contributed by atoms with Crippen LogP contribution < -0.4 is 0 Å². The van der Waals surface area contributed by atoms with Gasteiger partial charge in [-0.1, -0.05) is 47.5 Å². The van der Waals surface area contributed by atoms with Gasteiger partial charge in [0.15, 0.2) is 0 Å². The molecule has 2 aromatic rings. The van der Waals surface area contributed by atoms with Gasteiger partial charge in [-0.3, -0.25) is 0 Å². The Kier molecular flexibility index (Phi) is 4.94. The molecule has 2 rings (SSSR count). The lowest BCUT2D eigenvalue weighted by atomic mass is 9.98. The lowest BCUT2D eigenvalue weighted by molar-refractivity contribution is 0.908. The second-order valence-corrected chi connectivity index (χ2v) is 6.50. The summed E-state index contributed by atoms with van der Waals surface area (Å²) in [5.74, 6) is 0. The Bertz CT molecular complexity index is 593. The predicted molar refractivity (Wildman–Crippen MR) is 87.4 cm³/mol. The van der Waals surface area contributed by atoms with Gasteiger partial charge in [0.2, 0.25) is 0 Å². The molecule has 0 radical (unpaired) electrons. The van der Waals surface area contributed by atoms with Crippen LogP contribution in [-0.4, -0.2) is 0 Å². The second-order valence-electron chi connectivity index (χ2n) is 4.74. The second kappa shape index (κ2) is 6.30. The number of rotatable bonds is 3. The molecule has 1 unspecified atom stereocenters. The van der Waals surface area contributed by atoms with E-state index in [0.29, 0.717) is 5.02 Å². The maximum atomic E-state index is 6.54. The number of hydrogen-bond donors (Lipinski definition) is 0. The third-order valence-electron chi connectivity index (χ3n) is 3.22. The fraction of sp³-hybridized carbons (Fsp3) is 0.250. The van der Waals surface area contributed by atoms with E-state index in [1.807, 2.05) is 18.2 Å². The predicted octanol–water partition coefficient (Wildman–Crippen LogP) is 6.24. The van der Waals surface area contributed by atoms with Gasteiger partial charge in [0, 0.05) is 4.47 Å². The van der Waals surface area contributed by atoms with E-state index in [-0.39, 0.29) is 5.38 Å². The Morgan fingerprint density at radius 3 is 2.63 bits per heavy atom. The summed E-state index contributed by atoms with van der Waals surface area (Å²) in [4.78, 5) is 0. The van der Waals surface area contributed by atoms with Gasteiger partial charge >= 0.3 is 0 Å². The van der Waals surface area contributed by atoms with Crippen molar-refractivity contribution in [3.05, 3.63) is 68.1 Å². The molecule has 0 bridgehead atoms. The summed E-state index contributed by atoms with van der Waals surface area (Å²) in [6.45, 7) is 4.21. The van der Waals surface area contributed by atoms with E-state index in [1.165, 1.54) is 16.7 Å². The Morgan fingerprint density at radius 1 is 1.16 bits per heavy atom. The molecule has 100 valence electrons. The van der Waals surface area contributed by atoms with Crippen molar-refractivity contribution in [2.24, 2.45) is 0 Å². The molecule has 0 amide bonds. The van der Waals surface area contributed by atoms with Crippen molar-refractivity contribution >= 4 is 39.1 Å². The van der Waals surface area contributed by atoms with Crippen LogP contribution in [0.15, 0.2) is 40.9 Å². The van der Waals surface area contributed by atoms with Gasteiger partial charge in [0.1, 0.15) is 0 Å². The van der Waals surface area contributed by atoms with Crippen molar-refractivity contribution in [2.45, 2.75) is 25.6 Å². The number of halogens is 3. The summed E-state index contributed by atoms with van der Waals surface area (Å²) in [7, 11) is 0. The monoisotopic (exact) mass is 356 g/mol. The van der Waals surface area contributed by atoms with Crippen LogP contribution in [0.1, 0.15) is 27.6 Å². The van der Waals surface area contributed by atoms with E-state index in [4.69, 9.17) is 23.2 Å². The van der Waals surface area contributed by atoms with Crippen LogP contribution in [0.5, 0.6) is 0 Å². The molecule has 0 heterocycles. The van der Waals surface area contributed by atoms with Gasteiger partial charge in [-0.25, -0.2) is 0 Å². The lowest BCUT2D eigenvalue weighted by Crippen LogP contribution is -1.99. The first kappa shape index (κ1) is 14.9. The minimum atomic E-state index is -0.120. The minimum Gasteiger partial charge on any atom is -0.117 e. The zero-order valence-corrected chi connectivity index (χ0v) is 14.0. The summed E-state index contributed by atoms with van der Waals surface area (Å²) < 4.78 is 0.887. The first-order chi connectivity index (χ1) is 8.99. The Hall–Kier alpha value is -0.500. The molecule has 0 fully saturated rings. The van der Waals surface area contributed by atoms with E-state index < -0.39 is 0 Å². The van der Waals surface area contributed by atoms with Crippen molar-refractivity contribution in [1.29, 1.82) is 0 Å². The summed E-state index contributed by atoms with van der Waals surface area (Å²) in [6.07, 6.45) is 0.783. The molecule has 19 heavy (non-hydrogen) atoms. The molecule has 0 aliphatic heterocycles. The number of hydrogen-bond acceptors (Lipinski definition) is 0. The topological polar surface area (TPSA) is 0 Å². The van der Waals surface area contributed by atoms with E-state index >= 15 is 0 Å². The Labute approximate surface area is 132 Å². The molecule has 0 saturated carbocycles. The lowest BCUT2D eigenvalue weighted by Gasteiger charge is -2.14. The maximum Gasteiger partial charge on any atom is 0.0640 e. The summed E-state index contributed by atoms with van der Waals surface area (Å²) in [5.41, 5.74) is 4.77. The first-order valence-corrected chi connectivity index (χ1v) is 7.74. The van der Waals surface area contributed by atoms with E-state index in [9.17, 15) is 0 Å². The van der Waals surface area contributed by atoms with Crippen molar-refractivity contribution < 1.29 is 0 Å². The molecule has 0 spiro atoms. The zero-order chi connectivity index (χ0) is 14.0. The number of benzene rings is 2. The SMILES string of the molecule is Cc1ccc(C)c(CC(Cl)c2cccc(Br)c2Cl)c1. The van der Waals surface area contributed by atoms with Crippen molar-refractivity contribution in [3.63, 3.8) is 0 Å². The quantitative estimate of drug-likeness (QED) is 0.570. The van der Waals surface area contributed by atoms with Crippen LogP contribution in [0.2, 0.25) is 5.02 Å². The van der Waals surface area contributed by atoms with E-state index in [0.717, 1.165) is 16.5 Å². The minimum absolute atomic E-state index is 0.120. The first-order valence-electron chi connectivity index (χ1n) is 6.13. The van der Waals surface area contributed by atoms with Crippen molar-refractivity contribution in [2.75, 3.05) is 0 Å². The highest BCUT2D eigenvalue weighted by Gasteiger charge is 2.15. The van der Waals surface area contributed by atoms with Crippen LogP contribution in [0.4, 0.5) is 0 Å². The van der Waals surface area contributed by atoms with Crippen LogP contribution in [0.25, 0.3) is 0 Å². The highest BCUT2D eigenvalue weighted by molar-refractivity contribution is 9.10. The van der Waals surface area contributed by atoms with Gasteiger partial charge in [-0.2, -0.15) is 0 Å². The average Bonchev–Trinajstić information content (AvgIpc) is 2.37. The van der Waals surface area contributed by atoms with Gasteiger partial charge in [0.05, 0.1) is 10.4 Å². The van der Waals surface area contributed by atoms with E-state index in [1.54, 1.807) is 0 Å². The van der Waals surface area contributed by atoms with Gasteiger partial charge in [0.25, 0.3) is 0 Å². The molecular formula is C16H15BrCl2. The molecule has 0 aromatic heterocycles. The molecule has 0 aliphatic carbocycles. The molecule has 1 atom stereocenters. The molecular weight excluding hydrogens is 343 g/mol. The summed E-state index contributed by atoms with van der Waals surface area (Å²) in [6, 6.07) is 12.3. The largest absolute Gasteiger partial charge is 0.117 e. The Morgan fingerprint density at radius 2 is 1.89 bits per heavy atom. The zero-order valence-electron chi connectivity index (χ0n) is 10.9. The highest BCUT2D eigenvalue weighted by atomic mass is 79.9. The number of aryl methyl sites for hydroxylation is 2. The molecule has 2 aromatic carbocycles. The molecule has 0 saturated heterocycles. The normalized spacial score (nSPS) is 12.5. The average molecular weight is 358 g/mol. The molecule has 0 nitrogen and oxygen atoms in total. The molecule has 0 aliphatic rings. The third kappa shape index (κ3) is 3.53. The standard InChI is InChI=1S/C16H15BrCl2/c1-10-6-7-11(2)12(8-10)9-15(18)13-4-3-5-14(17)16(13)19/h3-8,15H,9H2,1-2H3. The third-order valence-corrected chi connectivity index (χ3v) is 4.92. The Balaban J connectivity index is 2.28. The number of alkyl halides is 1. The summed E-state index contributed by atoms with van der Waals surface area (Å²) >= 11 is 16.3. The van der Waals surface area contributed by atoms with Crippen molar-refractivity contribution in [3.8, 4) is 0 Å².